The Morgan fingerprint density at radius 2 is 2.40 bits per heavy atom. The third kappa shape index (κ3) is 5.46. The zero-order valence-electron chi connectivity index (χ0n) is 5.28. The van der Waals surface area contributed by atoms with E-state index in [1.54, 1.807) is 0 Å². The van der Waals surface area contributed by atoms with Crippen LogP contribution >= 0.6 is 0 Å². The molecule has 0 aliphatic carbocycles. The van der Waals surface area contributed by atoms with Gasteiger partial charge in [-0.2, -0.15) is 0 Å². The lowest BCUT2D eigenvalue weighted by Crippen LogP contribution is -2.09. The quantitative estimate of drug-likeness (QED) is 0.578. The Hall–Kier alpha value is -0.680. The predicted molar refractivity (Wildman–Crippen MR) is 36.8 cm³/mol. The monoisotopic (exact) mass is 164 g/mol. The van der Waals surface area contributed by atoms with E-state index < -0.39 is 23.7 Å². The van der Waals surface area contributed by atoms with Crippen molar-refractivity contribution < 1.29 is 18.3 Å². The van der Waals surface area contributed by atoms with Crippen molar-refractivity contribution in [1.82, 2.24) is 0 Å². The summed E-state index contributed by atoms with van der Waals surface area (Å²) >= 11 is -1.54. The van der Waals surface area contributed by atoms with Crippen LogP contribution in [-0.4, -0.2) is 27.6 Å². The van der Waals surface area contributed by atoms with Crippen molar-refractivity contribution in [2.75, 3.05) is 12.4 Å². The molecular weight excluding hydrogens is 156 g/mol. The van der Waals surface area contributed by atoms with Gasteiger partial charge in [0, 0.05) is 0 Å². The third-order valence-electron chi connectivity index (χ3n) is 0.568. The van der Waals surface area contributed by atoms with Crippen molar-refractivity contribution in [3.8, 4) is 0 Å². The summed E-state index contributed by atoms with van der Waals surface area (Å²) in [5.74, 6) is -0.967. The van der Waals surface area contributed by atoms with E-state index in [-0.39, 0.29) is 5.75 Å². The number of carboxylic acid groups (broad SMARTS) is 1. The summed E-state index contributed by atoms with van der Waals surface area (Å²) in [4.78, 5) is 9.82. The van der Waals surface area contributed by atoms with Crippen molar-refractivity contribution in [1.29, 1.82) is 0 Å². The molecule has 0 aliphatic rings. The number of hydrogen-bond acceptors (Lipinski definition) is 3. The fourth-order valence-electron chi connectivity index (χ4n) is 0.260. The molecular formula is C5H8O4S. The number of carbonyl (C=O) groups is 1. The minimum atomic E-state index is -1.54. The Kier molecular flexibility index (Phi) is 4.78. The summed E-state index contributed by atoms with van der Waals surface area (Å²) < 4.78 is 14.8. The van der Waals surface area contributed by atoms with Gasteiger partial charge in [-0.25, -0.2) is 9.00 Å². The molecule has 0 rings (SSSR count). The average Bonchev–Trinajstić information content (AvgIpc) is 1.85. The normalized spacial score (nSPS) is 12.4. The second-order valence-corrected chi connectivity index (χ2v) is 2.59. The van der Waals surface area contributed by atoms with E-state index in [2.05, 4.69) is 10.8 Å². The molecule has 1 unspecified atom stereocenters. The lowest BCUT2D eigenvalue weighted by atomic mass is 10.8. The van der Waals surface area contributed by atoms with Crippen molar-refractivity contribution in [2.45, 2.75) is 0 Å². The molecule has 0 saturated carbocycles. The van der Waals surface area contributed by atoms with Gasteiger partial charge in [-0.05, 0) is 0 Å². The van der Waals surface area contributed by atoms with E-state index in [1.165, 1.54) is 6.08 Å². The molecule has 4 nitrogen and oxygen atoms in total. The summed E-state index contributed by atoms with van der Waals surface area (Å²) in [7, 11) is 0. The van der Waals surface area contributed by atoms with E-state index >= 15 is 0 Å². The highest BCUT2D eigenvalue weighted by atomic mass is 32.2. The molecule has 5 heteroatoms. The lowest BCUT2D eigenvalue weighted by Gasteiger charge is -1.94. The van der Waals surface area contributed by atoms with Gasteiger partial charge >= 0.3 is 5.97 Å². The van der Waals surface area contributed by atoms with E-state index in [1.807, 2.05) is 0 Å². The van der Waals surface area contributed by atoms with Gasteiger partial charge < -0.3 is 5.11 Å². The molecule has 0 fully saturated rings. The Bertz CT molecular complexity index is 154. The molecule has 1 N–H and O–H groups in total. The van der Waals surface area contributed by atoms with Crippen molar-refractivity contribution in [3.05, 3.63) is 12.7 Å². The van der Waals surface area contributed by atoms with Gasteiger partial charge in [0.25, 0.3) is 0 Å². The van der Waals surface area contributed by atoms with Gasteiger partial charge in [0.15, 0.2) is 17.7 Å². The second-order valence-electron chi connectivity index (χ2n) is 1.42. The predicted octanol–water partition coefficient (Wildman–Crippen LogP) is -0.0627. The first kappa shape index (κ1) is 9.32. The molecule has 1 atom stereocenters. The molecule has 0 spiro atoms. The SMILES string of the molecule is C=CCS(=O)OCC(=O)O. The van der Waals surface area contributed by atoms with Crippen LogP contribution in [0.5, 0.6) is 0 Å². The van der Waals surface area contributed by atoms with E-state index in [0.29, 0.717) is 0 Å². The fraction of sp³-hybridized carbons (Fsp3) is 0.400. The zero-order chi connectivity index (χ0) is 7.98. The van der Waals surface area contributed by atoms with Gasteiger partial charge in [-0.3, -0.25) is 4.18 Å². The largest absolute Gasteiger partial charge is 0.479 e. The number of carboxylic acids is 1. The summed E-state index contributed by atoms with van der Waals surface area (Å²) in [5, 5.41) is 8.05. The molecule has 0 amide bonds. The Balaban J connectivity index is 3.39. The smallest absolute Gasteiger partial charge is 0.331 e. The molecule has 0 bridgehead atoms. The molecule has 10 heavy (non-hydrogen) atoms. The van der Waals surface area contributed by atoms with Crippen LogP contribution in [0, 0.1) is 0 Å². The topological polar surface area (TPSA) is 63.6 Å². The van der Waals surface area contributed by atoms with Crippen LogP contribution < -0.4 is 0 Å². The molecule has 0 radical (unpaired) electrons. The number of rotatable bonds is 5. The lowest BCUT2D eigenvalue weighted by molar-refractivity contribution is -0.139. The van der Waals surface area contributed by atoms with Crippen LogP contribution in [0.25, 0.3) is 0 Å². The summed E-state index contributed by atoms with van der Waals surface area (Å²) in [6, 6.07) is 0. The summed E-state index contributed by atoms with van der Waals surface area (Å²) in [6.45, 7) is 2.78. The number of hydrogen-bond donors (Lipinski definition) is 1. The van der Waals surface area contributed by atoms with E-state index in [0.717, 1.165) is 0 Å². The maximum absolute atomic E-state index is 10.5. The first-order valence-electron chi connectivity index (χ1n) is 2.51. The number of aliphatic carboxylic acids is 1. The Morgan fingerprint density at radius 3 is 2.80 bits per heavy atom. The Morgan fingerprint density at radius 1 is 1.80 bits per heavy atom. The van der Waals surface area contributed by atoms with Gasteiger partial charge in [-0.15, -0.1) is 6.58 Å². The second kappa shape index (κ2) is 5.13. The minimum Gasteiger partial charge on any atom is -0.479 e. The van der Waals surface area contributed by atoms with Crippen LogP contribution in [0.15, 0.2) is 12.7 Å². The summed E-state index contributed by atoms with van der Waals surface area (Å²) in [5.41, 5.74) is 0. The molecule has 0 aliphatic heterocycles. The maximum Gasteiger partial charge on any atom is 0.331 e. The van der Waals surface area contributed by atoms with Crippen molar-refractivity contribution in [2.24, 2.45) is 0 Å². The maximum atomic E-state index is 10.5. The van der Waals surface area contributed by atoms with Crippen LogP contribution in [0.2, 0.25) is 0 Å². The van der Waals surface area contributed by atoms with Gasteiger partial charge in [0.2, 0.25) is 0 Å². The van der Waals surface area contributed by atoms with Gasteiger partial charge in [-0.1, -0.05) is 6.08 Å². The zero-order valence-corrected chi connectivity index (χ0v) is 6.10. The minimum absolute atomic E-state index is 0.160. The van der Waals surface area contributed by atoms with Crippen molar-refractivity contribution in [3.63, 3.8) is 0 Å². The van der Waals surface area contributed by atoms with Crippen LogP contribution in [0.1, 0.15) is 0 Å². The molecule has 0 heterocycles. The first-order valence-corrected chi connectivity index (χ1v) is 3.75. The van der Waals surface area contributed by atoms with Gasteiger partial charge in [0.05, 0.1) is 5.75 Å². The highest BCUT2D eigenvalue weighted by molar-refractivity contribution is 7.80. The standard InChI is InChI=1S/C5H8O4S/c1-2-3-10(8)9-4-5(6)7/h2H,1,3-4H2,(H,6,7). The highest BCUT2D eigenvalue weighted by Gasteiger charge is 2.00. The Labute approximate surface area is 61.2 Å². The molecule has 0 saturated heterocycles. The van der Waals surface area contributed by atoms with Crippen LogP contribution in [0.4, 0.5) is 0 Å². The van der Waals surface area contributed by atoms with Gasteiger partial charge in [0.1, 0.15) is 0 Å². The summed E-state index contributed by atoms with van der Waals surface area (Å²) in [6.07, 6.45) is 1.40. The third-order valence-corrected chi connectivity index (χ3v) is 1.46. The fourth-order valence-corrected chi connectivity index (χ4v) is 0.781. The highest BCUT2D eigenvalue weighted by Crippen LogP contribution is 1.85. The van der Waals surface area contributed by atoms with Crippen LogP contribution in [0.3, 0.4) is 0 Å². The molecule has 0 aromatic carbocycles. The molecule has 0 aromatic rings. The van der Waals surface area contributed by atoms with Crippen LogP contribution in [-0.2, 0) is 20.1 Å². The first-order chi connectivity index (χ1) is 4.66. The van der Waals surface area contributed by atoms with E-state index in [9.17, 15) is 9.00 Å². The molecule has 0 aromatic heterocycles. The van der Waals surface area contributed by atoms with Crippen molar-refractivity contribution >= 4 is 17.0 Å². The average molecular weight is 164 g/mol. The van der Waals surface area contributed by atoms with E-state index in [4.69, 9.17) is 5.11 Å². The molecule has 58 valence electrons.